The lowest BCUT2D eigenvalue weighted by molar-refractivity contribution is 0.482. The Hall–Kier alpha value is -1.46. The van der Waals surface area contributed by atoms with Crippen LogP contribution in [0.1, 0.15) is 26.3 Å². The molecule has 0 atom stereocenters. The van der Waals surface area contributed by atoms with Crippen LogP contribution in [0.2, 0.25) is 0 Å². The molecule has 1 rings (SSSR count). The molecule has 0 radical (unpaired) electrons. The van der Waals surface area contributed by atoms with Crippen LogP contribution in [0.4, 0.5) is 0 Å². The van der Waals surface area contributed by atoms with Gasteiger partial charge in [-0.1, -0.05) is 41.9 Å². The molecule has 0 fully saturated rings. The van der Waals surface area contributed by atoms with Crippen LogP contribution in [0.5, 0.6) is 0 Å². The number of rotatable bonds is 2. The molecular formula is C13H15ClN2. The van der Waals surface area contributed by atoms with Crippen molar-refractivity contribution in [2.75, 3.05) is 0 Å². The third-order valence-electron chi connectivity index (χ3n) is 1.86. The summed E-state index contributed by atoms with van der Waals surface area (Å²) in [5.41, 5.74) is 1.07. The largest absolute Gasteiger partial charge is 0.371 e. The maximum absolute atomic E-state index is 9.07. The Morgan fingerprint density at radius 2 is 1.81 bits per heavy atom. The highest BCUT2D eigenvalue weighted by molar-refractivity contribution is 6.49. The van der Waals surface area contributed by atoms with Gasteiger partial charge in [0.1, 0.15) is 11.8 Å². The number of allylic oxidation sites excluding steroid dienone is 1. The summed E-state index contributed by atoms with van der Waals surface area (Å²) in [6.45, 7) is 5.96. The monoisotopic (exact) mass is 234 g/mol. The predicted octanol–water partition coefficient (Wildman–Crippen LogP) is 3.51. The van der Waals surface area contributed by atoms with Gasteiger partial charge in [-0.25, -0.2) is 0 Å². The van der Waals surface area contributed by atoms with E-state index in [-0.39, 0.29) is 5.54 Å². The first kappa shape index (κ1) is 12.6. The molecule has 2 nitrogen and oxygen atoms in total. The van der Waals surface area contributed by atoms with Gasteiger partial charge in [-0.15, -0.1) is 0 Å². The van der Waals surface area contributed by atoms with Gasteiger partial charge in [0.15, 0.2) is 0 Å². The Morgan fingerprint density at radius 3 is 2.25 bits per heavy atom. The molecule has 16 heavy (non-hydrogen) atoms. The molecule has 3 heteroatoms. The van der Waals surface area contributed by atoms with E-state index in [1.807, 2.05) is 51.1 Å². The summed E-state index contributed by atoms with van der Waals surface area (Å²) in [5.74, 6) is 0. The zero-order valence-corrected chi connectivity index (χ0v) is 10.5. The highest BCUT2D eigenvalue weighted by atomic mass is 35.5. The molecule has 0 aromatic heterocycles. The van der Waals surface area contributed by atoms with Crippen molar-refractivity contribution in [2.45, 2.75) is 26.3 Å². The highest BCUT2D eigenvalue weighted by Gasteiger charge is 2.14. The SMILES string of the molecule is CC(C)(C)N/C(C#N)=C(\Cl)c1ccccc1. The van der Waals surface area contributed by atoms with E-state index in [0.717, 1.165) is 5.56 Å². The summed E-state index contributed by atoms with van der Waals surface area (Å²) in [6, 6.07) is 11.6. The molecule has 0 aliphatic carbocycles. The zero-order valence-electron chi connectivity index (χ0n) is 9.71. The van der Waals surface area contributed by atoms with E-state index >= 15 is 0 Å². The van der Waals surface area contributed by atoms with E-state index in [4.69, 9.17) is 16.9 Å². The Balaban J connectivity index is 3.07. The predicted molar refractivity (Wildman–Crippen MR) is 67.7 cm³/mol. The smallest absolute Gasteiger partial charge is 0.133 e. The van der Waals surface area contributed by atoms with Gasteiger partial charge in [-0.05, 0) is 26.3 Å². The number of benzene rings is 1. The molecule has 0 bridgehead atoms. The van der Waals surface area contributed by atoms with Gasteiger partial charge in [-0.3, -0.25) is 0 Å². The first-order chi connectivity index (χ1) is 7.44. The van der Waals surface area contributed by atoms with Crippen molar-refractivity contribution in [2.24, 2.45) is 0 Å². The van der Waals surface area contributed by atoms with Crippen molar-refractivity contribution in [3.63, 3.8) is 0 Å². The molecule has 1 aromatic carbocycles. The maximum Gasteiger partial charge on any atom is 0.133 e. The summed E-state index contributed by atoms with van der Waals surface area (Å²) in [5, 5.41) is 12.6. The topological polar surface area (TPSA) is 35.8 Å². The Labute approximate surface area is 102 Å². The molecule has 0 saturated heterocycles. The number of nitrogens with zero attached hydrogens (tertiary/aromatic N) is 1. The van der Waals surface area contributed by atoms with E-state index in [0.29, 0.717) is 10.7 Å². The second-order valence-electron chi connectivity index (χ2n) is 4.54. The van der Waals surface area contributed by atoms with Gasteiger partial charge in [0.2, 0.25) is 0 Å². The lowest BCUT2D eigenvalue weighted by Crippen LogP contribution is -2.34. The lowest BCUT2D eigenvalue weighted by atomic mass is 10.1. The molecule has 1 aromatic rings. The fourth-order valence-electron chi connectivity index (χ4n) is 1.24. The summed E-state index contributed by atoms with van der Waals surface area (Å²) >= 11 is 6.17. The van der Waals surface area contributed by atoms with Gasteiger partial charge in [0.05, 0.1) is 5.03 Å². The van der Waals surface area contributed by atoms with Crippen molar-refractivity contribution in [1.29, 1.82) is 5.26 Å². The van der Waals surface area contributed by atoms with Crippen LogP contribution in [-0.2, 0) is 0 Å². The summed E-state index contributed by atoms with van der Waals surface area (Å²) < 4.78 is 0. The molecule has 0 aliphatic rings. The van der Waals surface area contributed by atoms with E-state index < -0.39 is 0 Å². The molecule has 1 N–H and O–H groups in total. The van der Waals surface area contributed by atoms with Crippen LogP contribution in [0, 0.1) is 11.3 Å². The third-order valence-corrected chi connectivity index (χ3v) is 2.27. The van der Waals surface area contributed by atoms with Crippen LogP contribution in [-0.4, -0.2) is 5.54 Å². The molecule has 0 unspecified atom stereocenters. The molecule has 0 heterocycles. The van der Waals surface area contributed by atoms with Crippen molar-refractivity contribution in [3.8, 4) is 6.07 Å². The fraction of sp³-hybridized carbons (Fsp3) is 0.308. The van der Waals surface area contributed by atoms with Crippen LogP contribution < -0.4 is 5.32 Å². The average Bonchev–Trinajstić information content (AvgIpc) is 2.25. The summed E-state index contributed by atoms with van der Waals surface area (Å²) in [4.78, 5) is 0. The van der Waals surface area contributed by atoms with Crippen molar-refractivity contribution < 1.29 is 0 Å². The summed E-state index contributed by atoms with van der Waals surface area (Å²) in [6.07, 6.45) is 0. The van der Waals surface area contributed by atoms with Gasteiger partial charge < -0.3 is 5.32 Å². The standard InChI is InChI=1S/C13H15ClN2/c1-13(2,3)16-11(9-15)12(14)10-7-5-4-6-8-10/h4-8,16H,1-3H3/b12-11-. The van der Waals surface area contributed by atoms with E-state index in [9.17, 15) is 0 Å². The molecule has 0 amide bonds. The molecule has 0 saturated carbocycles. The quantitative estimate of drug-likeness (QED) is 0.795. The van der Waals surface area contributed by atoms with Gasteiger partial charge >= 0.3 is 0 Å². The number of halogens is 1. The van der Waals surface area contributed by atoms with E-state index in [1.165, 1.54) is 0 Å². The van der Waals surface area contributed by atoms with Crippen molar-refractivity contribution in [3.05, 3.63) is 41.6 Å². The van der Waals surface area contributed by atoms with Crippen molar-refractivity contribution in [1.82, 2.24) is 5.32 Å². The van der Waals surface area contributed by atoms with Gasteiger partial charge in [0.25, 0.3) is 0 Å². The summed E-state index contributed by atoms with van der Waals surface area (Å²) in [7, 11) is 0. The molecule has 84 valence electrons. The first-order valence-electron chi connectivity index (χ1n) is 5.07. The van der Waals surface area contributed by atoms with Crippen LogP contribution in [0.3, 0.4) is 0 Å². The Bertz CT molecular complexity index is 421. The molecule has 0 aliphatic heterocycles. The van der Waals surface area contributed by atoms with Gasteiger partial charge in [0, 0.05) is 5.54 Å². The normalized spacial score (nSPS) is 12.7. The molecule has 0 spiro atoms. The highest BCUT2D eigenvalue weighted by Crippen LogP contribution is 2.22. The van der Waals surface area contributed by atoms with Crippen LogP contribution in [0.15, 0.2) is 36.0 Å². The second kappa shape index (κ2) is 5.05. The number of nitrogens with one attached hydrogen (secondary N) is 1. The van der Waals surface area contributed by atoms with E-state index in [2.05, 4.69) is 11.4 Å². The minimum Gasteiger partial charge on any atom is -0.371 e. The third kappa shape index (κ3) is 3.60. The van der Waals surface area contributed by atoms with E-state index in [1.54, 1.807) is 0 Å². The van der Waals surface area contributed by atoms with Crippen LogP contribution >= 0.6 is 11.6 Å². The minimum atomic E-state index is -0.181. The molecular weight excluding hydrogens is 220 g/mol. The number of hydrogen-bond acceptors (Lipinski definition) is 2. The average molecular weight is 235 g/mol. The maximum atomic E-state index is 9.07. The Morgan fingerprint density at radius 1 is 1.25 bits per heavy atom. The zero-order chi connectivity index (χ0) is 12.2. The van der Waals surface area contributed by atoms with Crippen molar-refractivity contribution >= 4 is 16.6 Å². The number of nitriles is 1. The number of hydrogen-bond donors (Lipinski definition) is 1. The minimum absolute atomic E-state index is 0.181. The van der Waals surface area contributed by atoms with Gasteiger partial charge in [-0.2, -0.15) is 5.26 Å². The Kier molecular flexibility index (Phi) is 3.98. The lowest BCUT2D eigenvalue weighted by Gasteiger charge is -2.21. The van der Waals surface area contributed by atoms with Crippen LogP contribution in [0.25, 0.3) is 5.03 Å². The fourth-order valence-corrected chi connectivity index (χ4v) is 1.45. The second-order valence-corrected chi connectivity index (χ2v) is 4.92. The first-order valence-corrected chi connectivity index (χ1v) is 5.45.